The van der Waals surface area contributed by atoms with E-state index < -0.39 is 0 Å². The van der Waals surface area contributed by atoms with Crippen molar-refractivity contribution in [2.24, 2.45) is 5.73 Å². The van der Waals surface area contributed by atoms with Gasteiger partial charge < -0.3 is 10.5 Å². The number of benzene rings is 1. The van der Waals surface area contributed by atoms with Gasteiger partial charge in [-0.05, 0) is 37.1 Å². The predicted octanol–water partition coefficient (Wildman–Crippen LogP) is 1.70. The van der Waals surface area contributed by atoms with Gasteiger partial charge >= 0.3 is 5.69 Å². The van der Waals surface area contributed by atoms with E-state index in [0.29, 0.717) is 24.2 Å². The summed E-state index contributed by atoms with van der Waals surface area (Å²) in [7, 11) is 0. The fourth-order valence-electron chi connectivity index (χ4n) is 2.21. The third-order valence-corrected chi connectivity index (χ3v) is 3.79. The average Bonchev–Trinajstić information content (AvgIpc) is 3.25. The van der Waals surface area contributed by atoms with Crippen LogP contribution in [0.5, 0.6) is 5.75 Å². The lowest BCUT2D eigenvalue weighted by Crippen LogP contribution is -2.25. The summed E-state index contributed by atoms with van der Waals surface area (Å²) in [5.41, 5.74) is 6.40. The zero-order chi connectivity index (χ0) is 14.8. The maximum atomic E-state index is 12.1. The molecule has 21 heavy (non-hydrogen) atoms. The number of rotatable bonds is 6. The highest BCUT2D eigenvalue weighted by molar-refractivity contribution is 7.80. The molecule has 0 aliphatic heterocycles. The molecule has 5 nitrogen and oxygen atoms in total. The Kier molecular flexibility index (Phi) is 3.79. The lowest BCUT2D eigenvalue weighted by molar-refractivity contribution is 0.296. The molecule has 6 heteroatoms. The quantitative estimate of drug-likeness (QED) is 0.825. The van der Waals surface area contributed by atoms with E-state index in [4.69, 9.17) is 22.7 Å². The summed E-state index contributed by atoms with van der Waals surface area (Å²) < 4.78 is 9.12. The molecular formula is C15H17N3O2S. The third-order valence-electron chi connectivity index (χ3n) is 3.55. The van der Waals surface area contributed by atoms with Gasteiger partial charge in [-0.1, -0.05) is 12.2 Å². The zero-order valence-corrected chi connectivity index (χ0v) is 12.4. The number of hydrogen-bond donors (Lipinski definition) is 1. The molecule has 0 atom stereocenters. The SMILES string of the molecule is NC(=S)c1ccc(OCCn2ccn(C3CC3)c2=O)cc1. The second-order valence-electron chi connectivity index (χ2n) is 5.15. The second kappa shape index (κ2) is 5.73. The monoisotopic (exact) mass is 303 g/mol. The van der Waals surface area contributed by atoms with Crippen LogP contribution in [0.2, 0.25) is 0 Å². The number of ether oxygens (including phenoxy) is 1. The topological polar surface area (TPSA) is 62.2 Å². The minimum atomic E-state index is 0.0462. The lowest BCUT2D eigenvalue weighted by Gasteiger charge is -2.07. The van der Waals surface area contributed by atoms with Gasteiger partial charge in [-0.15, -0.1) is 0 Å². The van der Waals surface area contributed by atoms with Crippen molar-refractivity contribution in [3.8, 4) is 5.75 Å². The van der Waals surface area contributed by atoms with Gasteiger partial charge in [0.25, 0.3) is 0 Å². The highest BCUT2D eigenvalue weighted by atomic mass is 32.1. The molecule has 1 fully saturated rings. The molecule has 1 aromatic carbocycles. The van der Waals surface area contributed by atoms with Crippen molar-refractivity contribution >= 4 is 17.2 Å². The van der Waals surface area contributed by atoms with E-state index in [9.17, 15) is 4.79 Å². The minimum absolute atomic E-state index is 0.0462. The first kappa shape index (κ1) is 13.9. The Morgan fingerprint density at radius 3 is 2.62 bits per heavy atom. The summed E-state index contributed by atoms with van der Waals surface area (Å²) in [6.45, 7) is 0.983. The van der Waals surface area contributed by atoms with Crippen molar-refractivity contribution in [1.82, 2.24) is 9.13 Å². The molecule has 0 amide bonds. The number of aromatic nitrogens is 2. The highest BCUT2D eigenvalue weighted by Crippen LogP contribution is 2.33. The summed E-state index contributed by atoms with van der Waals surface area (Å²) >= 11 is 4.90. The van der Waals surface area contributed by atoms with Gasteiger partial charge in [0.2, 0.25) is 0 Å². The highest BCUT2D eigenvalue weighted by Gasteiger charge is 2.25. The fourth-order valence-corrected chi connectivity index (χ4v) is 2.34. The predicted molar refractivity (Wildman–Crippen MR) is 84.8 cm³/mol. The van der Waals surface area contributed by atoms with Crippen LogP contribution in [0.3, 0.4) is 0 Å². The molecular weight excluding hydrogens is 286 g/mol. The van der Waals surface area contributed by atoms with Crippen LogP contribution in [0, 0.1) is 0 Å². The Bertz CT molecular complexity index is 698. The van der Waals surface area contributed by atoms with Crippen LogP contribution in [0.1, 0.15) is 24.4 Å². The van der Waals surface area contributed by atoms with E-state index in [1.807, 2.05) is 36.7 Å². The molecule has 2 aromatic rings. The summed E-state index contributed by atoms with van der Waals surface area (Å²) in [6.07, 6.45) is 5.89. The van der Waals surface area contributed by atoms with Gasteiger partial charge in [-0.25, -0.2) is 4.79 Å². The maximum absolute atomic E-state index is 12.1. The van der Waals surface area contributed by atoms with E-state index in [2.05, 4.69) is 0 Å². The molecule has 3 rings (SSSR count). The maximum Gasteiger partial charge on any atom is 0.328 e. The third kappa shape index (κ3) is 3.16. The molecule has 0 spiro atoms. The molecule has 0 unspecified atom stereocenters. The first-order valence-electron chi connectivity index (χ1n) is 6.95. The van der Waals surface area contributed by atoms with Crippen LogP contribution in [0.15, 0.2) is 41.5 Å². The molecule has 1 heterocycles. The molecule has 1 aromatic heterocycles. The summed E-state index contributed by atoms with van der Waals surface area (Å²) in [5, 5.41) is 0. The average molecular weight is 303 g/mol. The first-order valence-corrected chi connectivity index (χ1v) is 7.36. The van der Waals surface area contributed by atoms with Gasteiger partial charge in [0.15, 0.2) is 0 Å². The molecule has 0 saturated heterocycles. The Balaban J connectivity index is 1.56. The number of hydrogen-bond acceptors (Lipinski definition) is 3. The number of thiocarbonyl (C=S) groups is 1. The molecule has 110 valence electrons. The fraction of sp³-hybridized carbons (Fsp3) is 0.333. The van der Waals surface area contributed by atoms with Crippen LogP contribution in [-0.2, 0) is 6.54 Å². The molecule has 2 N–H and O–H groups in total. The van der Waals surface area contributed by atoms with Crippen molar-refractivity contribution < 1.29 is 4.74 Å². The van der Waals surface area contributed by atoms with Gasteiger partial charge in [0.05, 0.1) is 6.54 Å². The van der Waals surface area contributed by atoms with Crippen LogP contribution in [-0.4, -0.2) is 20.7 Å². The van der Waals surface area contributed by atoms with Gasteiger partial charge in [0.1, 0.15) is 17.3 Å². The Morgan fingerprint density at radius 2 is 2.00 bits per heavy atom. The normalized spacial score (nSPS) is 14.1. The van der Waals surface area contributed by atoms with Crippen LogP contribution in [0.4, 0.5) is 0 Å². The van der Waals surface area contributed by atoms with Crippen LogP contribution < -0.4 is 16.2 Å². The van der Waals surface area contributed by atoms with Crippen LogP contribution >= 0.6 is 12.2 Å². The van der Waals surface area contributed by atoms with Crippen molar-refractivity contribution in [1.29, 1.82) is 0 Å². The number of nitrogens with zero attached hydrogens (tertiary/aromatic N) is 2. The van der Waals surface area contributed by atoms with Gasteiger partial charge in [-0.3, -0.25) is 9.13 Å². The van der Waals surface area contributed by atoms with E-state index in [1.165, 1.54) is 0 Å². The lowest BCUT2D eigenvalue weighted by atomic mass is 10.2. The van der Waals surface area contributed by atoms with Crippen LogP contribution in [0.25, 0.3) is 0 Å². The van der Waals surface area contributed by atoms with E-state index in [-0.39, 0.29) is 5.69 Å². The van der Waals surface area contributed by atoms with Gasteiger partial charge in [0, 0.05) is 24.0 Å². The van der Waals surface area contributed by atoms with E-state index in [1.54, 1.807) is 9.13 Å². The first-order chi connectivity index (χ1) is 10.1. The Morgan fingerprint density at radius 1 is 1.29 bits per heavy atom. The largest absolute Gasteiger partial charge is 0.492 e. The number of imidazole rings is 1. The molecule has 1 aliphatic rings. The van der Waals surface area contributed by atoms with Crippen molar-refractivity contribution in [3.05, 3.63) is 52.7 Å². The van der Waals surface area contributed by atoms with E-state index in [0.717, 1.165) is 24.2 Å². The summed E-state index contributed by atoms with van der Waals surface area (Å²) in [6, 6.07) is 7.72. The standard InChI is InChI=1S/C15H17N3O2S/c16-14(21)11-1-5-13(6-2-11)20-10-9-17-7-8-18(15(17)19)12-3-4-12/h1-2,5-8,12H,3-4,9-10H2,(H2,16,21). The molecule has 0 radical (unpaired) electrons. The van der Waals surface area contributed by atoms with Crippen molar-refractivity contribution in [2.75, 3.05) is 6.61 Å². The zero-order valence-electron chi connectivity index (χ0n) is 11.6. The Labute approximate surface area is 127 Å². The Hall–Kier alpha value is -2.08. The summed E-state index contributed by atoms with van der Waals surface area (Å²) in [4.78, 5) is 12.4. The molecule has 1 saturated carbocycles. The summed E-state index contributed by atoms with van der Waals surface area (Å²) in [5.74, 6) is 0.740. The number of nitrogens with two attached hydrogens (primary N) is 1. The van der Waals surface area contributed by atoms with Gasteiger partial charge in [-0.2, -0.15) is 0 Å². The smallest absolute Gasteiger partial charge is 0.328 e. The molecule has 1 aliphatic carbocycles. The minimum Gasteiger partial charge on any atom is -0.492 e. The molecule has 0 bridgehead atoms. The second-order valence-corrected chi connectivity index (χ2v) is 5.59. The van der Waals surface area contributed by atoms with E-state index >= 15 is 0 Å². The van der Waals surface area contributed by atoms with Crippen molar-refractivity contribution in [3.63, 3.8) is 0 Å². The van der Waals surface area contributed by atoms with Crippen molar-refractivity contribution in [2.45, 2.75) is 25.4 Å².